The molecule has 0 unspecified atom stereocenters. The van der Waals surface area contributed by atoms with Gasteiger partial charge in [0.25, 0.3) is 0 Å². The molecule has 0 saturated heterocycles. The fourth-order valence-electron chi connectivity index (χ4n) is 1.54. The number of hydrogen-bond acceptors (Lipinski definition) is 4. The summed E-state index contributed by atoms with van der Waals surface area (Å²) < 4.78 is 4.84. The largest absolute Gasteiger partial charge is 0.462 e. The van der Waals surface area contributed by atoms with E-state index in [4.69, 9.17) is 10.00 Å². The lowest BCUT2D eigenvalue weighted by Crippen LogP contribution is -2.09. The molecule has 0 N–H and O–H groups in total. The van der Waals surface area contributed by atoms with Crippen molar-refractivity contribution >= 4 is 12.3 Å². The number of rotatable bonds is 4. The Kier molecular flexibility index (Phi) is 4.41. The lowest BCUT2D eigenvalue weighted by molar-refractivity contribution is 0.0524. The van der Waals surface area contributed by atoms with Crippen LogP contribution in [0.5, 0.6) is 0 Å². The standard InChI is InChI=1S/C13H13NO3/c1-3-9-5-11(8-15)12(6-10(9)7-14)13(16)17-4-2/h5-6,8H,3-4H2,1-2H3. The molecular weight excluding hydrogens is 218 g/mol. The second-order valence-corrected chi connectivity index (χ2v) is 3.40. The van der Waals surface area contributed by atoms with E-state index in [9.17, 15) is 9.59 Å². The smallest absolute Gasteiger partial charge is 0.338 e. The molecule has 0 fully saturated rings. The Labute approximate surface area is 99.8 Å². The maximum Gasteiger partial charge on any atom is 0.338 e. The molecule has 4 heteroatoms. The number of carbonyl (C=O) groups is 2. The molecule has 0 aliphatic carbocycles. The second kappa shape index (κ2) is 5.80. The first-order chi connectivity index (χ1) is 8.17. The average molecular weight is 231 g/mol. The highest BCUT2D eigenvalue weighted by molar-refractivity contribution is 5.98. The van der Waals surface area contributed by atoms with Gasteiger partial charge in [-0.05, 0) is 31.0 Å². The van der Waals surface area contributed by atoms with Crippen molar-refractivity contribution in [1.29, 1.82) is 5.26 Å². The number of aryl methyl sites for hydroxylation is 1. The third-order valence-electron chi connectivity index (χ3n) is 2.40. The van der Waals surface area contributed by atoms with Gasteiger partial charge in [-0.1, -0.05) is 6.92 Å². The first kappa shape index (κ1) is 12.9. The van der Waals surface area contributed by atoms with Gasteiger partial charge in [0.15, 0.2) is 6.29 Å². The van der Waals surface area contributed by atoms with E-state index in [1.54, 1.807) is 13.0 Å². The molecule has 0 bridgehead atoms. The van der Waals surface area contributed by atoms with Crippen molar-refractivity contribution in [2.75, 3.05) is 6.61 Å². The summed E-state index contributed by atoms with van der Waals surface area (Å²) in [7, 11) is 0. The Bertz CT molecular complexity index is 486. The topological polar surface area (TPSA) is 67.2 Å². The molecule has 1 aromatic rings. The van der Waals surface area contributed by atoms with Gasteiger partial charge in [0.2, 0.25) is 0 Å². The van der Waals surface area contributed by atoms with Crippen molar-refractivity contribution in [2.24, 2.45) is 0 Å². The summed E-state index contributed by atoms with van der Waals surface area (Å²) in [5.41, 5.74) is 1.57. The van der Waals surface area contributed by atoms with E-state index in [1.807, 2.05) is 13.0 Å². The van der Waals surface area contributed by atoms with Gasteiger partial charge in [-0.3, -0.25) is 4.79 Å². The van der Waals surface area contributed by atoms with Crippen molar-refractivity contribution in [3.05, 3.63) is 34.4 Å². The average Bonchev–Trinajstić information content (AvgIpc) is 2.37. The summed E-state index contributed by atoms with van der Waals surface area (Å²) in [6.07, 6.45) is 1.24. The highest BCUT2D eigenvalue weighted by atomic mass is 16.5. The zero-order chi connectivity index (χ0) is 12.8. The molecule has 17 heavy (non-hydrogen) atoms. The molecular formula is C13H13NO3. The molecule has 0 aliphatic heterocycles. The molecule has 1 aromatic carbocycles. The number of carbonyl (C=O) groups excluding carboxylic acids is 2. The Hall–Kier alpha value is -2.15. The summed E-state index contributed by atoms with van der Waals surface area (Å²) in [6.45, 7) is 3.80. The summed E-state index contributed by atoms with van der Waals surface area (Å²) in [5.74, 6) is -0.575. The lowest BCUT2D eigenvalue weighted by Gasteiger charge is -2.08. The highest BCUT2D eigenvalue weighted by Gasteiger charge is 2.15. The molecule has 0 spiro atoms. The minimum atomic E-state index is -0.575. The van der Waals surface area contributed by atoms with Crippen LogP contribution in [0, 0.1) is 11.3 Å². The summed E-state index contributed by atoms with van der Waals surface area (Å²) in [6, 6.07) is 5.00. The Balaban J connectivity index is 3.34. The van der Waals surface area contributed by atoms with Crippen LogP contribution in [0.3, 0.4) is 0 Å². The van der Waals surface area contributed by atoms with E-state index in [1.165, 1.54) is 6.07 Å². The van der Waals surface area contributed by atoms with Gasteiger partial charge in [-0.2, -0.15) is 5.26 Å². The lowest BCUT2D eigenvalue weighted by atomic mass is 9.98. The van der Waals surface area contributed by atoms with Crippen LogP contribution in [-0.2, 0) is 11.2 Å². The Morgan fingerprint density at radius 2 is 2.18 bits per heavy atom. The van der Waals surface area contributed by atoms with Gasteiger partial charge in [0.05, 0.1) is 23.8 Å². The van der Waals surface area contributed by atoms with Crippen LogP contribution in [0.2, 0.25) is 0 Å². The maximum absolute atomic E-state index is 11.6. The quantitative estimate of drug-likeness (QED) is 0.588. The molecule has 0 amide bonds. The van der Waals surface area contributed by atoms with Crippen molar-refractivity contribution in [1.82, 2.24) is 0 Å². The number of esters is 1. The van der Waals surface area contributed by atoms with Gasteiger partial charge >= 0.3 is 5.97 Å². The molecule has 0 aliphatic rings. The minimum Gasteiger partial charge on any atom is -0.462 e. The van der Waals surface area contributed by atoms with E-state index >= 15 is 0 Å². The van der Waals surface area contributed by atoms with Crippen molar-refractivity contribution in [3.63, 3.8) is 0 Å². The van der Waals surface area contributed by atoms with E-state index < -0.39 is 5.97 Å². The van der Waals surface area contributed by atoms with Gasteiger partial charge in [-0.25, -0.2) is 4.79 Å². The van der Waals surface area contributed by atoms with E-state index in [0.717, 1.165) is 5.56 Å². The van der Waals surface area contributed by atoms with Crippen molar-refractivity contribution < 1.29 is 14.3 Å². The Morgan fingerprint density at radius 3 is 2.65 bits per heavy atom. The van der Waals surface area contributed by atoms with Crippen LogP contribution in [0.1, 0.15) is 45.7 Å². The van der Waals surface area contributed by atoms with E-state index in [-0.39, 0.29) is 17.7 Å². The van der Waals surface area contributed by atoms with E-state index in [2.05, 4.69) is 0 Å². The van der Waals surface area contributed by atoms with Crippen molar-refractivity contribution in [2.45, 2.75) is 20.3 Å². The molecule has 0 aromatic heterocycles. The normalized spacial score (nSPS) is 9.47. The summed E-state index contributed by atoms with van der Waals surface area (Å²) in [4.78, 5) is 22.5. The zero-order valence-electron chi connectivity index (χ0n) is 9.82. The van der Waals surface area contributed by atoms with Crippen LogP contribution >= 0.6 is 0 Å². The predicted octanol–water partition coefficient (Wildman–Crippen LogP) is 2.11. The van der Waals surface area contributed by atoms with E-state index in [0.29, 0.717) is 18.3 Å². The molecule has 0 heterocycles. The first-order valence-corrected chi connectivity index (χ1v) is 5.37. The molecule has 0 radical (unpaired) electrons. The number of nitrogens with zero attached hydrogens (tertiary/aromatic N) is 1. The fraction of sp³-hybridized carbons (Fsp3) is 0.308. The third-order valence-corrected chi connectivity index (χ3v) is 2.40. The third kappa shape index (κ3) is 2.70. The number of nitriles is 1. The SMILES string of the molecule is CCOC(=O)c1cc(C#N)c(CC)cc1C=O. The highest BCUT2D eigenvalue weighted by Crippen LogP contribution is 2.17. The minimum absolute atomic E-state index is 0.149. The Morgan fingerprint density at radius 1 is 1.47 bits per heavy atom. The van der Waals surface area contributed by atoms with Gasteiger partial charge in [0, 0.05) is 5.56 Å². The molecule has 4 nitrogen and oxygen atoms in total. The van der Waals surface area contributed by atoms with Crippen LogP contribution in [-0.4, -0.2) is 18.9 Å². The number of ether oxygens (including phenoxy) is 1. The number of aldehydes is 1. The molecule has 0 saturated carbocycles. The number of benzene rings is 1. The second-order valence-electron chi connectivity index (χ2n) is 3.40. The van der Waals surface area contributed by atoms with Gasteiger partial charge in [0.1, 0.15) is 0 Å². The fourth-order valence-corrected chi connectivity index (χ4v) is 1.54. The zero-order valence-corrected chi connectivity index (χ0v) is 9.82. The van der Waals surface area contributed by atoms with Crippen LogP contribution < -0.4 is 0 Å². The summed E-state index contributed by atoms with van der Waals surface area (Å²) >= 11 is 0. The predicted molar refractivity (Wildman–Crippen MR) is 61.9 cm³/mol. The maximum atomic E-state index is 11.6. The van der Waals surface area contributed by atoms with Crippen LogP contribution in [0.15, 0.2) is 12.1 Å². The molecule has 1 rings (SSSR count). The first-order valence-electron chi connectivity index (χ1n) is 5.37. The van der Waals surface area contributed by atoms with Gasteiger partial charge < -0.3 is 4.74 Å². The summed E-state index contributed by atoms with van der Waals surface area (Å²) in [5, 5.41) is 8.96. The molecule has 88 valence electrons. The number of hydrogen-bond donors (Lipinski definition) is 0. The van der Waals surface area contributed by atoms with Gasteiger partial charge in [-0.15, -0.1) is 0 Å². The van der Waals surface area contributed by atoms with Crippen molar-refractivity contribution in [3.8, 4) is 6.07 Å². The monoisotopic (exact) mass is 231 g/mol. The van der Waals surface area contributed by atoms with Crippen LogP contribution in [0.4, 0.5) is 0 Å². The van der Waals surface area contributed by atoms with Crippen LogP contribution in [0.25, 0.3) is 0 Å². The molecule has 0 atom stereocenters.